The summed E-state index contributed by atoms with van der Waals surface area (Å²) in [5.74, 6) is -2.00. The number of carboxylic acids is 2. The van der Waals surface area contributed by atoms with Crippen molar-refractivity contribution in [1.29, 1.82) is 0 Å². The molecule has 6 heteroatoms. The van der Waals surface area contributed by atoms with Crippen molar-refractivity contribution in [2.45, 2.75) is 18.9 Å². The van der Waals surface area contributed by atoms with Gasteiger partial charge < -0.3 is 15.5 Å². The predicted molar refractivity (Wildman–Crippen MR) is 44.5 cm³/mol. The van der Waals surface area contributed by atoms with Gasteiger partial charge in [0.05, 0.1) is 0 Å². The van der Waals surface area contributed by atoms with Crippen LogP contribution in [0.5, 0.6) is 0 Å². The summed E-state index contributed by atoms with van der Waals surface area (Å²) in [6.07, 6.45) is -0.0149. The van der Waals surface area contributed by atoms with Gasteiger partial charge in [0.2, 0.25) is 0 Å². The van der Waals surface area contributed by atoms with Crippen molar-refractivity contribution in [2.75, 3.05) is 7.05 Å². The second-order valence-corrected chi connectivity index (χ2v) is 2.11. The van der Waals surface area contributed by atoms with Crippen molar-refractivity contribution in [2.24, 2.45) is 0 Å². The second kappa shape index (κ2) is 7.54. The number of aliphatic carboxylic acids is 2. The molecule has 0 fully saturated rings. The number of rotatable bonds is 5. The molecular formula is C6H12NNaO4. The molecule has 1 unspecified atom stereocenters. The van der Waals surface area contributed by atoms with E-state index in [1.54, 1.807) is 0 Å². The Kier molecular flexibility index (Phi) is 9.07. The number of nitrogens with one attached hydrogen (secondary N) is 1. The molecule has 0 saturated heterocycles. The van der Waals surface area contributed by atoms with Crippen molar-refractivity contribution >= 4 is 41.5 Å². The first kappa shape index (κ1) is 14.4. The molecule has 0 rings (SSSR count). The molecule has 0 saturated carbocycles. The Morgan fingerprint density at radius 2 is 1.92 bits per heavy atom. The van der Waals surface area contributed by atoms with E-state index in [1.807, 2.05) is 0 Å². The number of carbonyl (C=O) groups is 2. The Morgan fingerprint density at radius 1 is 1.42 bits per heavy atom. The Bertz CT molecular complexity index is 162. The molecule has 0 aromatic rings. The van der Waals surface area contributed by atoms with Crippen LogP contribution in [0.25, 0.3) is 0 Å². The third-order valence-electron chi connectivity index (χ3n) is 1.29. The Balaban J connectivity index is 0. The average molecular weight is 185 g/mol. The molecule has 0 amide bonds. The van der Waals surface area contributed by atoms with Crippen molar-refractivity contribution in [1.82, 2.24) is 5.32 Å². The van der Waals surface area contributed by atoms with Crippen molar-refractivity contribution in [3.8, 4) is 0 Å². The zero-order valence-electron chi connectivity index (χ0n) is 6.20. The van der Waals surface area contributed by atoms with Gasteiger partial charge >= 0.3 is 41.5 Å². The molecule has 0 heterocycles. The van der Waals surface area contributed by atoms with Gasteiger partial charge in [-0.3, -0.25) is 9.59 Å². The van der Waals surface area contributed by atoms with Crippen LogP contribution in [0.4, 0.5) is 0 Å². The van der Waals surface area contributed by atoms with Crippen molar-refractivity contribution < 1.29 is 19.8 Å². The minimum atomic E-state index is -1.02. The molecule has 0 aliphatic carbocycles. The van der Waals surface area contributed by atoms with Crippen molar-refractivity contribution in [3.05, 3.63) is 0 Å². The second-order valence-electron chi connectivity index (χ2n) is 2.11. The van der Waals surface area contributed by atoms with Crippen LogP contribution in [-0.4, -0.2) is 64.8 Å². The average Bonchev–Trinajstić information content (AvgIpc) is 1.87. The standard InChI is InChI=1S/C6H11NO4.Na.H/c1-7-4(6(10)11)2-3-5(8)9;;/h4,7H,2-3H2,1H3,(H,8,9)(H,10,11);;. The summed E-state index contributed by atoms with van der Waals surface area (Å²) in [4.78, 5) is 20.3. The number of hydrogen-bond donors (Lipinski definition) is 3. The summed E-state index contributed by atoms with van der Waals surface area (Å²) >= 11 is 0. The van der Waals surface area contributed by atoms with Gasteiger partial charge in [0.25, 0.3) is 0 Å². The van der Waals surface area contributed by atoms with Crippen LogP contribution in [0.1, 0.15) is 12.8 Å². The molecule has 0 aromatic carbocycles. The molecule has 1 atom stereocenters. The molecule has 12 heavy (non-hydrogen) atoms. The van der Waals surface area contributed by atoms with Gasteiger partial charge in [-0.2, -0.15) is 0 Å². The fraction of sp³-hybridized carbons (Fsp3) is 0.667. The third kappa shape index (κ3) is 6.60. The summed E-state index contributed by atoms with van der Waals surface area (Å²) < 4.78 is 0. The van der Waals surface area contributed by atoms with Gasteiger partial charge in [0.15, 0.2) is 0 Å². The van der Waals surface area contributed by atoms with Gasteiger partial charge in [0, 0.05) is 6.42 Å². The first-order valence-electron chi connectivity index (χ1n) is 3.19. The summed E-state index contributed by atoms with van der Waals surface area (Å²) in [5.41, 5.74) is 0. The van der Waals surface area contributed by atoms with E-state index in [1.165, 1.54) is 7.05 Å². The molecule has 3 N–H and O–H groups in total. The number of carboxylic acid groups (broad SMARTS) is 2. The van der Waals surface area contributed by atoms with E-state index in [-0.39, 0.29) is 42.4 Å². The first-order chi connectivity index (χ1) is 5.07. The van der Waals surface area contributed by atoms with Crippen LogP contribution < -0.4 is 5.32 Å². The van der Waals surface area contributed by atoms with E-state index in [2.05, 4.69) is 5.32 Å². The maximum atomic E-state index is 10.3. The van der Waals surface area contributed by atoms with Gasteiger partial charge in [-0.05, 0) is 13.5 Å². The summed E-state index contributed by atoms with van der Waals surface area (Å²) in [7, 11) is 1.49. The molecule has 0 radical (unpaired) electrons. The Hall–Kier alpha value is -0.100. The number of likely N-dealkylation sites (N-methyl/N-ethyl adjacent to an activating group) is 1. The maximum absolute atomic E-state index is 10.3. The van der Waals surface area contributed by atoms with E-state index >= 15 is 0 Å². The summed E-state index contributed by atoms with van der Waals surface area (Å²) in [6.45, 7) is 0. The van der Waals surface area contributed by atoms with Gasteiger partial charge in [-0.1, -0.05) is 0 Å². The van der Waals surface area contributed by atoms with Crippen LogP contribution >= 0.6 is 0 Å². The first-order valence-corrected chi connectivity index (χ1v) is 3.19. The monoisotopic (exact) mass is 185 g/mol. The van der Waals surface area contributed by atoms with E-state index in [9.17, 15) is 9.59 Å². The van der Waals surface area contributed by atoms with E-state index in [0.717, 1.165) is 0 Å². The van der Waals surface area contributed by atoms with Gasteiger partial charge in [-0.25, -0.2) is 0 Å². The topological polar surface area (TPSA) is 86.6 Å². The van der Waals surface area contributed by atoms with Crippen molar-refractivity contribution in [3.63, 3.8) is 0 Å². The third-order valence-corrected chi connectivity index (χ3v) is 1.29. The normalized spacial score (nSPS) is 11.4. The fourth-order valence-corrected chi connectivity index (χ4v) is 0.659. The summed E-state index contributed by atoms with van der Waals surface area (Å²) in [5, 5.41) is 19.1. The van der Waals surface area contributed by atoms with Crippen LogP contribution in [0.15, 0.2) is 0 Å². The fourth-order valence-electron chi connectivity index (χ4n) is 0.659. The predicted octanol–water partition coefficient (Wildman–Crippen LogP) is -1.12. The molecule has 0 spiro atoms. The molecule has 0 aromatic heterocycles. The molecule has 5 nitrogen and oxygen atoms in total. The SMILES string of the molecule is CNC(CCC(=O)O)C(=O)O.[NaH]. The molecule has 0 aliphatic rings. The zero-order chi connectivity index (χ0) is 8.85. The quantitative estimate of drug-likeness (QED) is 0.472. The van der Waals surface area contributed by atoms with Gasteiger partial charge in [-0.15, -0.1) is 0 Å². The molecule has 66 valence electrons. The van der Waals surface area contributed by atoms with E-state index < -0.39 is 18.0 Å². The Morgan fingerprint density at radius 3 is 2.17 bits per heavy atom. The molecule has 0 bridgehead atoms. The van der Waals surface area contributed by atoms with Crippen LogP contribution in [0, 0.1) is 0 Å². The molecule has 0 aliphatic heterocycles. The minimum absolute atomic E-state index is 0. The van der Waals surface area contributed by atoms with Crippen LogP contribution in [0.2, 0.25) is 0 Å². The summed E-state index contributed by atoms with van der Waals surface area (Å²) in [6, 6.07) is -0.758. The molecular weight excluding hydrogens is 173 g/mol. The number of hydrogen-bond acceptors (Lipinski definition) is 3. The van der Waals surface area contributed by atoms with E-state index in [4.69, 9.17) is 10.2 Å². The van der Waals surface area contributed by atoms with E-state index in [0.29, 0.717) is 0 Å². The van der Waals surface area contributed by atoms with Gasteiger partial charge in [0.1, 0.15) is 6.04 Å². The van der Waals surface area contributed by atoms with Crippen LogP contribution in [0.3, 0.4) is 0 Å². The Labute approximate surface area is 92.4 Å². The van der Waals surface area contributed by atoms with Crippen LogP contribution in [-0.2, 0) is 9.59 Å². The zero-order valence-corrected chi connectivity index (χ0v) is 6.20.